The van der Waals surface area contributed by atoms with Crippen molar-refractivity contribution in [2.45, 2.75) is 12.8 Å². The minimum atomic E-state index is 0.0981. The van der Waals surface area contributed by atoms with Crippen LogP contribution in [-0.2, 0) is 6.42 Å². The van der Waals surface area contributed by atoms with Gasteiger partial charge in [-0.15, -0.1) is 0 Å². The minimum Gasteiger partial charge on any atom is -0.380 e. The number of rotatable bonds is 0. The lowest BCUT2D eigenvalue weighted by atomic mass is 10.1. The molecule has 13 heavy (non-hydrogen) atoms. The summed E-state index contributed by atoms with van der Waals surface area (Å²) < 4.78 is 1.51. The van der Waals surface area contributed by atoms with Gasteiger partial charge in [-0.2, -0.15) is 0 Å². The lowest BCUT2D eigenvalue weighted by Gasteiger charge is -2.17. The molecule has 1 aliphatic rings. The van der Waals surface area contributed by atoms with E-state index in [1.165, 1.54) is 0 Å². The van der Waals surface area contributed by atoms with Crippen LogP contribution >= 0.6 is 38.5 Å². The van der Waals surface area contributed by atoms with Gasteiger partial charge in [0.15, 0.2) is 0 Å². The van der Waals surface area contributed by atoms with Crippen molar-refractivity contribution >= 4 is 44.2 Å². The van der Waals surface area contributed by atoms with Crippen LogP contribution in [0.3, 0.4) is 0 Å². The first kappa shape index (κ1) is 9.51. The van der Waals surface area contributed by atoms with Crippen LogP contribution in [0.1, 0.15) is 12.1 Å². The Hall–Kier alpha value is -0.0400. The first-order chi connectivity index (χ1) is 6.20. The van der Waals surface area contributed by atoms with Crippen molar-refractivity contribution in [3.05, 3.63) is 24.1 Å². The van der Waals surface area contributed by atoms with Crippen LogP contribution in [0.5, 0.6) is 0 Å². The number of anilines is 1. The fourth-order valence-corrected chi connectivity index (χ4v) is 2.27. The number of aryl methyl sites for hydroxylation is 1. The van der Waals surface area contributed by atoms with Crippen molar-refractivity contribution < 1.29 is 0 Å². The molecule has 5 heteroatoms. The van der Waals surface area contributed by atoms with Crippen molar-refractivity contribution in [1.29, 1.82) is 0 Å². The molecule has 70 valence electrons. The van der Waals surface area contributed by atoms with Gasteiger partial charge in [0, 0.05) is 12.2 Å². The molecule has 0 spiro atoms. The Morgan fingerprint density at radius 2 is 2.23 bits per heavy atom. The summed E-state index contributed by atoms with van der Waals surface area (Å²) in [5, 5.41) is 3.13. The van der Waals surface area contributed by atoms with Crippen LogP contribution in [0.4, 0.5) is 5.69 Å². The number of hydrogen-bond donors (Lipinski definition) is 2. The SMILES string of the molecule is O=c1c(I)c(Br)[nH]c2c1NCCC2. The molecule has 0 aromatic carbocycles. The molecule has 0 bridgehead atoms. The van der Waals surface area contributed by atoms with Gasteiger partial charge in [-0.1, -0.05) is 0 Å². The number of nitrogens with one attached hydrogen (secondary N) is 2. The summed E-state index contributed by atoms with van der Waals surface area (Å²) in [4.78, 5) is 14.9. The Bertz CT molecular complexity index is 402. The summed E-state index contributed by atoms with van der Waals surface area (Å²) in [6.45, 7) is 0.897. The molecule has 0 unspecified atom stereocenters. The third kappa shape index (κ3) is 1.63. The van der Waals surface area contributed by atoms with Gasteiger partial charge >= 0.3 is 0 Å². The first-order valence-corrected chi connectivity index (χ1v) is 5.91. The van der Waals surface area contributed by atoms with Crippen LogP contribution < -0.4 is 10.7 Å². The number of fused-ring (bicyclic) bond motifs is 1. The van der Waals surface area contributed by atoms with Crippen LogP contribution in [0, 0.1) is 3.57 Å². The summed E-state index contributed by atoms with van der Waals surface area (Å²) in [5.74, 6) is 0. The molecule has 2 rings (SSSR count). The molecule has 0 radical (unpaired) electrons. The van der Waals surface area contributed by atoms with E-state index < -0.39 is 0 Å². The third-order valence-electron chi connectivity index (χ3n) is 2.09. The van der Waals surface area contributed by atoms with E-state index in [-0.39, 0.29) is 5.43 Å². The second kappa shape index (κ2) is 3.61. The van der Waals surface area contributed by atoms with Gasteiger partial charge in [-0.25, -0.2) is 0 Å². The molecule has 0 amide bonds. The predicted molar refractivity (Wildman–Crippen MR) is 64.3 cm³/mol. The Morgan fingerprint density at radius 1 is 1.46 bits per heavy atom. The highest BCUT2D eigenvalue weighted by Gasteiger charge is 2.16. The van der Waals surface area contributed by atoms with Crippen molar-refractivity contribution in [1.82, 2.24) is 4.98 Å². The molecule has 0 saturated heterocycles. The zero-order valence-electron chi connectivity index (χ0n) is 6.79. The number of halogens is 2. The maximum absolute atomic E-state index is 11.7. The molecule has 2 heterocycles. The van der Waals surface area contributed by atoms with Gasteiger partial charge in [-0.3, -0.25) is 4.79 Å². The van der Waals surface area contributed by atoms with E-state index in [9.17, 15) is 4.79 Å². The van der Waals surface area contributed by atoms with Gasteiger partial charge in [0.05, 0.1) is 8.17 Å². The molecule has 0 aliphatic carbocycles. The summed E-state index contributed by atoms with van der Waals surface area (Å²) in [5.41, 5.74) is 1.86. The van der Waals surface area contributed by atoms with E-state index in [0.717, 1.165) is 35.4 Å². The number of aromatic amines is 1. The van der Waals surface area contributed by atoms with Crippen molar-refractivity contribution in [3.63, 3.8) is 0 Å². The number of hydrogen-bond acceptors (Lipinski definition) is 2. The predicted octanol–water partition coefficient (Wildman–Crippen LogP) is 2.10. The maximum Gasteiger partial charge on any atom is 0.219 e. The van der Waals surface area contributed by atoms with E-state index in [1.54, 1.807) is 0 Å². The average molecular weight is 355 g/mol. The van der Waals surface area contributed by atoms with Crippen LogP contribution in [0.15, 0.2) is 9.40 Å². The fraction of sp³-hybridized carbons (Fsp3) is 0.375. The zero-order valence-corrected chi connectivity index (χ0v) is 10.5. The van der Waals surface area contributed by atoms with Gasteiger partial charge in [0.2, 0.25) is 5.43 Å². The topological polar surface area (TPSA) is 44.9 Å². The smallest absolute Gasteiger partial charge is 0.219 e. The highest BCUT2D eigenvalue weighted by Crippen LogP contribution is 2.21. The molecule has 3 nitrogen and oxygen atoms in total. The quantitative estimate of drug-likeness (QED) is 0.553. The second-order valence-electron chi connectivity index (χ2n) is 2.97. The summed E-state index contributed by atoms with van der Waals surface area (Å²) in [6.07, 6.45) is 2.03. The molecule has 1 aromatic rings. The van der Waals surface area contributed by atoms with E-state index in [2.05, 4.69) is 26.2 Å². The largest absolute Gasteiger partial charge is 0.380 e. The monoisotopic (exact) mass is 354 g/mol. The summed E-state index contributed by atoms with van der Waals surface area (Å²) in [7, 11) is 0. The second-order valence-corrected chi connectivity index (χ2v) is 4.84. The third-order valence-corrected chi connectivity index (χ3v) is 4.45. The van der Waals surface area contributed by atoms with E-state index >= 15 is 0 Å². The molecule has 0 fully saturated rings. The Balaban J connectivity index is 2.68. The average Bonchev–Trinajstić information content (AvgIpc) is 2.15. The molecular formula is C8H8BrIN2O. The van der Waals surface area contributed by atoms with Crippen molar-refractivity contribution in [3.8, 4) is 0 Å². The van der Waals surface area contributed by atoms with Gasteiger partial charge in [0.25, 0.3) is 0 Å². The van der Waals surface area contributed by atoms with E-state index in [4.69, 9.17) is 0 Å². The number of aromatic nitrogens is 1. The van der Waals surface area contributed by atoms with Crippen LogP contribution in [0.25, 0.3) is 0 Å². The fourth-order valence-electron chi connectivity index (χ4n) is 1.45. The minimum absolute atomic E-state index is 0.0981. The first-order valence-electron chi connectivity index (χ1n) is 4.04. The van der Waals surface area contributed by atoms with E-state index in [1.807, 2.05) is 22.6 Å². The van der Waals surface area contributed by atoms with Gasteiger partial charge < -0.3 is 10.3 Å². The summed E-state index contributed by atoms with van der Waals surface area (Å²) in [6, 6.07) is 0. The number of H-pyrrole nitrogens is 1. The maximum atomic E-state index is 11.7. The van der Waals surface area contributed by atoms with E-state index in [0.29, 0.717) is 3.57 Å². The normalized spacial score (nSPS) is 14.9. The zero-order chi connectivity index (χ0) is 9.42. The van der Waals surface area contributed by atoms with Crippen LogP contribution in [-0.4, -0.2) is 11.5 Å². The van der Waals surface area contributed by atoms with Crippen molar-refractivity contribution in [2.75, 3.05) is 11.9 Å². The molecule has 0 saturated carbocycles. The Morgan fingerprint density at radius 3 is 3.00 bits per heavy atom. The molecular weight excluding hydrogens is 347 g/mol. The molecule has 1 aromatic heterocycles. The molecule has 2 N–H and O–H groups in total. The lowest BCUT2D eigenvalue weighted by molar-refractivity contribution is 0.794. The molecule has 1 aliphatic heterocycles. The number of pyridine rings is 1. The summed E-state index contributed by atoms with van der Waals surface area (Å²) >= 11 is 5.38. The molecule has 0 atom stereocenters. The van der Waals surface area contributed by atoms with Gasteiger partial charge in [-0.05, 0) is 51.4 Å². The Labute approximate surface area is 97.6 Å². The standard InChI is InChI=1S/C8H8BrIN2O/c9-8-5(10)7(13)6-4(12-8)2-1-3-11-6/h11H,1-3H2,(H,12,13). The van der Waals surface area contributed by atoms with Crippen molar-refractivity contribution in [2.24, 2.45) is 0 Å². The highest BCUT2D eigenvalue weighted by molar-refractivity contribution is 14.1. The van der Waals surface area contributed by atoms with Gasteiger partial charge in [0.1, 0.15) is 5.69 Å². The Kier molecular flexibility index (Phi) is 2.64. The lowest BCUT2D eigenvalue weighted by Crippen LogP contribution is -2.23. The van der Waals surface area contributed by atoms with Crippen LogP contribution in [0.2, 0.25) is 0 Å². The highest BCUT2D eigenvalue weighted by atomic mass is 127.